The molecule has 12 atom stereocenters. The maximum Gasteiger partial charge on any atom is 0.315 e. The Hall–Kier alpha value is -0.230. The minimum Gasteiger partial charge on any atom is -0.460 e. The van der Waals surface area contributed by atoms with Crippen molar-refractivity contribution in [2.75, 3.05) is 0 Å². The molecular weight excluding hydrogens is 551 g/mol. The van der Waals surface area contributed by atoms with E-state index < -0.39 is 5.41 Å². The van der Waals surface area contributed by atoms with E-state index in [1.54, 1.807) is 0 Å². The van der Waals surface area contributed by atoms with Gasteiger partial charge in [0.25, 0.3) is 0 Å². The average Bonchev–Trinajstić information content (AvgIpc) is 3.37. The van der Waals surface area contributed by atoms with Crippen LogP contribution >= 0.6 is 35.2 Å². The van der Waals surface area contributed by atoms with Crippen LogP contribution in [0.1, 0.15) is 70.8 Å². The van der Waals surface area contributed by atoms with Crippen molar-refractivity contribution in [3.63, 3.8) is 0 Å². The van der Waals surface area contributed by atoms with E-state index in [1.165, 1.54) is 51.4 Å². The summed E-state index contributed by atoms with van der Waals surface area (Å²) in [5.74, 6) is 5.68. The van der Waals surface area contributed by atoms with Gasteiger partial charge < -0.3 is 4.74 Å². The first-order valence-electron chi connectivity index (χ1n) is 14.0. The first kappa shape index (κ1) is 22.9. The molecule has 0 amide bonds. The number of carbonyl (C=O) groups excluding carboxylic acids is 1. The van der Waals surface area contributed by atoms with Gasteiger partial charge >= 0.3 is 5.97 Å². The molecule has 10 unspecified atom stereocenters. The number of esters is 1. The quantitative estimate of drug-likeness (QED) is 0.173. The van der Waals surface area contributed by atoms with Crippen molar-refractivity contribution < 1.29 is 9.53 Å². The number of rotatable bonds is 3. The van der Waals surface area contributed by atoms with Gasteiger partial charge in [0.15, 0.2) is 0 Å². The fourth-order valence-electron chi connectivity index (χ4n) is 10.7. The maximum absolute atomic E-state index is 14.7. The van der Waals surface area contributed by atoms with Crippen LogP contribution in [0.15, 0.2) is 30.3 Å². The van der Waals surface area contributed by atoms with Crippen molar-refractivity contribution in [1.82, 2.24) is 0 Å². The molecule has 7 rings (SSSR count). The van der Waals surface area contributed by atoms with E-state index in [0.29, 0.717) is 35.7 Å². The first-order valence-corrected chi connectivity index (χ1v) is 15.6. The van der Waals surface area contributed by atoms with E-state index in [0.717, 1.165) is 29.2 Å². The molecule has 184 valence electrons. The van der Waals surface area contributed by atoms with Crippen molar-refractivity contribution in [1.29, 1.82) is 0 Å². The lowest BCUT2D eigenvalue weighted by Gasteiger charge is -2.77. The largest absolute Gasteiger partial charge is 0.460 e. The minimum absolute atomic E-state index is 0.0128. The van der Waals surface area contributed by atoms with Gasteiger partial charge in [-0.05, 0) is 77.6 Å². The van der Waals surface area contributed by atoms with Gasteiger partial charge in [0.2, 0.25) is 0 Å². The third kappa shape index (κ3) is 2.54. The number of hydrogen-bond acceptors (Lipinski definition) is 3. The number of thiol groups is 1. The maximum atomic E-state index is 14.7. The number of hydrogen-bond donors (Lipinski definition) is 1. The van der Waals surface area contributed by atoms with Crippen LogP contribution < -0.4 is 0 Å². The van der Waals surface area contributed by atoms with E-state index in [9.17, 15) is 4.79 Å². The topological polar surface area (TPSA) is 26.3 Å². The van der Waals surface area contributed by atoms with E-state index in [4.69, 9.17) is 17.4 Å². The summed E-state index contributed by atoms with van der Waals surface area (Å²) >= 11 is 8.38. The highest BCUT2D eigenvalue weighted by atomic mass is 127. The lowest BCUT2D eigenvalue weighted by molar-refractivity contribution is -0.249. The molecule has 0 heterocycles. The molecule has 6 aliphatic carbocycles. The van der Waals surface area contributed by atoms with Crippen molar-refractivity contribution in [3.8, 4) is 0 Å². The summed E-state index contributed by atoms with van der Waals surface area (Å²) < 4.78 is 6.38. The summed E-state index contributed by atoms with van der Waals surface area (Å²) in [6, 6.07) is 10.3. The molecule has 6 aliphatic rings. The number of alkyl halides is 1. The average molecular weight is 591 g/mol. The van der Waals surface area contributed by atoms with Crippen LogP contribution in [0, 0.1) is 58.2 Å². The van der Waals surface area contributed by atoms with Gasteiger partial charge in [0.05, 0.1) is 5.41 Å². The van der Waals surface area contributed by atoms with E-state index in [1.807, 2.05) is 18.2 Å². The third-order valence-electron chi connectivity index (χ3n) is 12.2. The standard InChI is InChI=1S/C30H39IO2S/c1-17-10-6-3-4-9-13-29(31)22-14-21-25(23-20-15-28(21,22)24(20)23)30(29,26(34)18(17)2)27(32)33-16-19-11-7-5-8-12-19/h5,7-8,11-12,17-18,20-26,34H,3-4,6,9-10,13-16H2,1-2H3/t17?,18?,20?,21-,22?,23-,24?,25?,26?,28?,29?,30?/m1/s1. The lowest BCUT2D eigenvalue weighted by Crippen LogP contribution is -2.79. The molecule has 1 aromatic carbocycles. The molecular formula is C30H39IO2S. The number of benzene rings is 1. The highest BCUT2D eigenvalue weighted by molar-refractivity contribution is 14.1. The summed E-state index contributed by atoms with van der Waals surface area (Å²) in [6.07, 6.45) is 10.5. The van der Waals surface area contributed by atoms with Crippen LogP contribution in [0.4, 0.5) is 0 Å². The van der Waals surface area contributed by atoms with Gasteiger partial charge in [-0.3, -0.25) is 4.79 Å². The molecule has 0 radical (unpaired) electrons. The molecule has 1 aromatic rings. The molecule has 6 saturated carbocycles. The van der Waals surface area contributed by atoms with E-state index >= 15 is 0 Å². The van der Waals surface area contributed by atoms with E-state index in [-0.39, 0.29) is 14.6 Å². The Balaban J connectivity index is 1.34. The van der Waals surface area contributed by atoms with Crippen LogP contribution in [-0.2, 0) is 16.1 Å². The van der Waals surface area contributed by atoms with Crippen molar-refractivity contribution in [2.24, 2.45) is 58.2 Å². The Morgan fingerprint density at radius 3 is 2.68 bits per heavy atom. The number of halogens is 1. The Morgan fingerprint density at radius 1 is 1.12 bits per heavy atom. The fraction of sp³-hybridized carbons (Fsp3) is 0.767. The minimum atomic E-state index is -0.449. The van der Waals surface area contributed by atoms with Crippen LogP contribution in [0.5, 0.6) is 0 Å². The number of fused-ring (bicyclic) bond motifs is 5. The van der Waals surface area contributed by atoms with Gasteiger partial charge in [-0.1, -0.05) is 98.9 Å². The highest BCUT2D eigenvalue weighted by Gasteiger charge is 2.96. The molecule has 0 N–H and O–H groups in total. The van der Waals surface area contributed by atoms with Crippen LogP contribution in [-0.4, -0.2) is 14.6 Å². The van der Waals surface area contributed by atoms with Gasteiger partial charge in [-0.25, -0.2) is 0 Å². The summed E-state index contributed by atoms with van der Waals surface area (Å²) in [5, 5.41) is 0.0761. The second-order valence-corrected chi connectivity index (χ2v) is 15.5. The predicted octanol–water partition coefficient (Wildman–Crippen LogP) is 7.35. The van der Waals surface area contributed by atoms with Crippen molar-refractivity contribution in [2.45, 2.75) is 80.5 Å². The number of carbonyl (C=O) groups is 1. The molecule has 4 bridgehead atoms. The Labute approximate surface area is 224 Å². The molecule has 0 aromatic heterocycles. The SMILES string of the molecule is CC1CCCCCCC2(I)C3C[C@@H]4C([C@@H]5C6CC34C65)C2(C(=O)OCc2ccccc2)C(S)C1C. The highest BCUT2D eigenvalue weighted by Crippen LogP contribution is 2.98. The number of ether oxygens (including phenoxy) is 1. The Kier molecular flexibility index (Phi) is 5.16. The van der Waals surface area contributed by atoms with Gasteiger partial charge in [-0.15, -0.1) is 0 Å². The second-order valence-electron chi connectivity index (χ2n) is 13.0. The van der Waals surface area contributed by atoms with Gasteiger partial charge in [0, 0.05) is 8.67 Å². The smallest absolute Gasteiger partial charge is 0.315 e. The molecule has 34 heavy (non-hydrogen) atoms. The summed E-state index contributed by atoms with van der Waals surface area (Å²) in [4.78, 5) is 14.7. The first-order chi connectivity index (χ1) is 16.4. The van der Waals surface area contributed by atoms with Crippen LogP contribution in [0.3, 0.4) is 0 Å². The molecule has 0 saturated heterocycles. The summed E-state index contributed by atoms with van der Waals surface area (Å²) in [5.41, 5.74) is 1.23. The monoisotopic (exact) mass is 590 g/mol. The lowest BCUT2D eigenvalue weighted by atomic mass is 9.30. The third-order valence-corrected chi connectivity index (χ3v) is 15.3. The molecule has 4 heteroatoms. The Morgan fingerprint density at radius 2 is 1.88 bits per heavy atom. The zero-order chi connectivity index (χ0) is 23.5. The second kappa shape index (κ2) is 7.65. The molecule has 1 spiro atoms. The van der Waals surface area contributed by atoms with E-state index in [2.05, 4.69) is 48.6 Å². The Bertz CT molecular complexity index is 999. The zero-order valence-electron chi connectivity index (χ0n) is 20.6. The summed E-state index contributed by atoms with van der Waals surface area (Å²) in [6.45, 7) is 5.21. The summed E-state index contributed by atoms with van der Waals surface area (Å²) in [7, 11) is 0. The van der Waals surface area contributed by atoms with Gasteiger partial charge in [-0.2, -0.15) is 12.6 Å². The molecule has 6 fully saturated rings. The van der Waals surface area contributed by atoms with Crippen molar-refractivity contribution in [3.05, 3.63) is 35.9 Å². The fourth-order valence-corrected chi connectivity index (χ4v) is 13.9. The zero-order valence-corrected chi connectivity index (χ0v) is 23.6. The van der Waals surface area contributed by atoms with Gasteiger partial charge in [0.1, 0.15) is 6.61 Å². The van der Waals surface area contributed by atoms with Crippen molar-refractivity contribution >= 4 is 41.2 Å². The molecule has 0 aliphatic heterocycles. The van der Waals surface area contributed by atoms with Crippen LogP contribution in [0.25, 0.3) is 0 Å². The predicted molar refractivity (Wildman–Crippen MR) is 147 cm³/mol. The molecule has 2 nitrogen and oxygen atoms in total. The van der Waals surface area contributed by atoms with Crippen LogP contribution in [0.2, 0.25) is 0 Å². The normalized spacial score (nSPS) is 54.4.